The molecule has 3 heterocycles. The first kappa shape index (κ1) is 32.6. The number of hydrogen-bond donors (Lipinski definition) is 3. The molecule has 3 aliphatic rings. The van der Waals surface area contributed by atoms with Crippen LogP contribution in [-0.4, -0.2) is 82.0 Å². The van der Waals surface area contributed by atoms with Crippen molar-refractivity contribution in [3.63, 3.8) is 0 Å². The molecule has 3 fully saturated rings. The Morgan fingerprint density at radius 3 is 2.64 bits per heavy atom. The van der Waals surface area contributed by atoms with Crippen molar-refractivity contribution in [2.75, 3.05) is 44.5 Å². The van der Waals surface area contributed by atoms with Crippen LogP contribution in [0.15, 0.2) is 42.5 Å². The number of carbonyl (C=O) groups is 2. The van der Waals surface area contributed by atoms with E-state index in [2.05, 4.69) is 16.0 Å². The maximum Gasteiger partial charge on any atom is 0.407 e. The fourth-order valence-electron chi connectivity index (χ4n) is 6.70. The van der Waals surface area contributed by atoms with Gasteiger partial charge in [0.15, 0.2) is 0 Å². The number of ether oxygens (including phenoxy) is 2. The van der Waals surface area contributed by atoms with Gasteiger partial charge < -0.3 is 25.4 Å². The van der Waals surface area contributed by atoms with Crippen LogP contribution in [0.4, 0.5) is 14.9 Å². The van der Waals surface area contributed by atoms with Gasteiger partial charge in [0.2, 0.25) is 15.9 Å². The maximum atomic E-state index is 15.3. The Morgan fingerprint density at radius 2 is 1.91 bits per heavy atom. The number of methoxy groups -OCH3 is 1. The van der Waals surface area contributed by atoms with E-state index in [4.69, 9.17) is 21.1 Å². The lowest BCUT2D eigenvalue weighted by molar-refractivity contribution is -0.119. The van der Waals surface area contributed by atoms with Crippen LogP contribution >= 0.6 is 11.6 Å². The first-order valence-electron chi connectivity index (χ1n) is 15.1. The van der Waals surface area contributed by atoms with E-state index in [1.165, 1.54) is 19.2 Å². The average Bonchev–Trinajstić information content (AvgIpc) is 3.13. The fraction of sp³-hybridized carbons (Fsp3) is 0.548. The van der Waals surface area contributed by atoms with E-state index in [-0.39, 0.29) is 41.4 Å². The molecule has 0 saturated carbocycles. The van der Waals surface area contributed by atoms with Crippen molar-refractivity contribution >= 4 is 39.3 Å². The van der Waals surface area contributed by atoms with Gasteiger partial charge in [-0.15, -0.1) is 0 Å². The number of nitrogens with one attached hydrogen (secondary N) is 3. The normalized spacial score (nSPS) is 24.8. The number of carbonyl (C=O) groups excluding carboxylic acids is 2. The minimum atomic E-state index is -3.40. The van der Waals surface area contributed by atoms with Crippen LogP contribution in [0, 0.1) is 11.7 Å². The van der Waals surface area contributed by atoms with E-state index in [1.54, 1.807) is 22.5 Å². The summed E-state index contributed by atoms with van der Waals surface area (Å²) in [6, 6.07) is 10.4. The third-order valence-corrected chi connectivity index (χ3v) is 11.2. The summed E-state index contributed by atoms with van der Waals surface area (Å²) >= 11 is 6.16. The summed E-state index contributed by atoms with van der Waals surface area (Å²) in [5.74, 6) is -1.35. The molecule has 3 saturated heterocycles. The highest BCUT2D eigenvalue weighted by atomic mass is 35.5. The number of halogens is 2. The fourth-order valence-corrected chi connectivity index (χ4v) is 8.63. The zero-order valence-electron chi connectivity index (χ0n) is 24.8. The number of anilines is 1. The number of rotatable bonds is 9. The molecule has 5 rings (SSSR count). The summed E-state index contributed by atoms with van der Waals surface area (Å²) in [5, 5.41) is 9.60. The third kappa shape index (κ3) is 7.71. The van der Waals surface area contributed by atoms with Gasteiger partial charge in [-0.1, -0.05) is 29.8 Å². The van der Waals surface area contributed by atoms with Gasteiger partial charge in [-0.25, -0.2) is 17.6 Å². The van der Waals surface area contributed by atoms with E-state index in [0.29, 0.717) is 57.0 Å². The number of nitrogens with zero attached hydrogens (tertiary/aromatic N) is 1. The molecule has 44 heavy (non-hydrogen) atoms. The third-order valence-electron chi connectivity index (χ3n) is 9.00. The quantitative estimate of drug-likeness (QED) is 0.374. The van der Waals surface area contributed by atoms with E-state index in [0.717, 1.165) is 12.0 Å². The van der Waals surface area contributed by atoms with Crippen molar-refractivity contribution in [2.24, 2.45) is 5.92 Å². The van der Waals surface area contributed by atoms with E-state index >= 15 is 4.39 Å². The summed E-state index contributed by atoms with van der Waals surface area (Å²) < 4.78 is 53.2. The summed E-state index contributed by atoms with van der Waals surface area (Å²) in [4.78, 5) is 26.6. The van der Waals surface area contributed by atoms with Crippen LogP contribution in [0.3, 0.4) is 0 Å². The Balaban J connectivity index is 1.40. The van der Waals surface area contributed by atoms with Gasteiger partial charge in [0, 0.05) is 60.6 Å². The summed E-state index contributed by atoms with van der Waals surface area (Å²) in [6.07, 6.45) is 2.60. The average molecular weight is 651 g/mol. The monoisotopic (exact) mass is 650 g/mol. The second-order valence-corrected chi connectivity index (χ2v) is 14.2. The highest BCUT2D eigenvalue weighted by Crippen LogP contribution is 2.36. The van der Waals surface area contributed by atoms with Gasteiger partial charge in [0.25, 0.3) is 0 Å². The van der Waals surface area contributed by atoms with Crippen molar-refractivity contribution in [3.05, 3.63) is 64.4 Å². The molecule has 2 aromatic rings. The molecule has 240 valence electrons. The van der Waals surface area contributed by atoms with Gasteiger partial charge in [0.05, 0.1) is 12.9 Å². The van der Waals surface area contributed by atoms with Crippen molar-refractivity contribution < 1.29 is 31.9 Å². The number of sulfonamides is 1. The van der Waals surface area contributed by atoms with Gasteiger partial charge >= 0.3 is 6.09 Å². The lowest BCUT2D eigenvalue weighted by Gasteiger charge is -2.37. The lowest BCUT2D eigenvalue weighted by Crippen LogP contribution is -2.57. The second-order valence-electron chi connectivity index (χ2n) is 11.7. The summed E-state index contributed by atoms with van der Waals surface area (Å²) in [5.41, 5.74) is 1.37. The molecule has 2 amide bonds. The number of alkyl carbamates (subject to hydrolysis) is 1. The molecule has 3 unspecified atom stereocenters. The molecule has 0 radical (unpaired) electrons. The molecule has 2 bridgehead atoms. The van der Waals surface area contributed by atoms with E-state index in [1.807, 2.05) is 12.1 Å². The van der Waals surface area contributed by atoms with Gasteiger partial charge in [0.1, 0.15) is 11.9 Å². The maximum absolute atomic E-state index is 15.3. The topological polar surface area (TPSA) is 126 Å². The Morgan fingerprint density at radius 1 is 1.16 bits per heavy atom. The molecule has 0 aliphatic carbocycles. The SMILES string of the molecule is COC(=O)N[C@H](C(=O)Nc1cccc(F)c1CCC1CNC2CCCS(=O)(=O)N1C2)[C@@H](c1ccc(Cl)cc1)C1CCOCC1. The van der Waals surface area contributed by atoms with Crippen LogP contribution in [0.2, 0.25) is 5.02 Å². The summed E-state index contributed by atoms with van der Waals surface area (Å²) in [6.45, 7) is 1.95. The van der Waals surface area contributed by atoms with Crippen molar-refractivity contribution in [1.82, 2.24) is 14.9 Å². The van der Waals surface area contributed by atoms with Crippen molar-refractivity contribution in [3.8, 4) is 0 Å². The van der Waals surface area contributed by atoms with Crippen LogP contribution in [0.25, 0.3) is 0 Å². The van der Waals surface area contributed by atoms with Crippen LogP contribution in [0.1, 0.15) is 49.1 Å². The summed E-state index contributed by atoms with van der Waals surface area (Å²) in [7, 11) is -2.17. The molecule has 5 atom stereocenters. The van der Waals surface area contributed by atoms with E-state index in [9.17, 15) is 18.0 Å². The molecular formula is C31H40ClFN4O6S. The van der Waals surface area contributed by atoms with E-state index < -0.39 is 39.8 Å². The Hall–Kier alpha value is -2.77. The molecule has 0 aromatic heterocycles. The number of hydrogen-bond acceptors (Lipinski definition) is 7. The molecule has 10 nitrogen and oxygen atoms in total. The largest absolute Gasteiger partial charge is 0.453 e. The van der Waals surface area contributed by atoms with Gasteiger partial charge in [-0.05, 0) is 74.3 Å². The molecular weight excluding hydrogens is 611 g/mol. The smallest absolute Gasteiger partial charge is 0.407 e. The highest BCUT2D eigenvalue weighted by molar-refractivity contribution is 7.89. The molecule has 0 spiro atoms. The minimum absolute atomic E-state index is 0.00279. The van der Waals surface area contributed by atoms with Crippen molar-refractivity contribution in [2.45, 2.75) is 62.6 Å². The standard InChI is InChI=1S/C31H40ClFN4O6S/c1-42-31(39)36-29(28(21-13-15-43-16-14-21)20-7-9-22(32)10-8-20)30(38)35-27-6-2-5-26(33)25(27)12-11-24-18-34-23-4-3-17-44(40,41)37(24)19-23/h2,5-10,21,23-24,28-29,34H,3-4,11-19H2,1H3,(H,35,38)(H,36,39)/t23?,24?,28-,29-/m0/s1. The zero-order chi connectivity index (χ0) is 31.3. The molecule has 3 aliphatic heterocycles. The number of amides is 2. The predicted octanol–water partition coefficient (Wildman–Crippen LogP) is 4.05. The van der Waals surface area contributed by atoms with Crippen LogP contribution in [-0.2, 0) is 30.7 Å². The second kappa shape index (κ2) is 14.6. The van der Waals surface area contributed by atoms with Gasteiger partial charge in [-0.3, -0.25) is 4.79 Å². The van der Waals surface area contributed by atoms with Gasteiger partial charge in [-0.2, -0.15) is 4.31 Å². The first-order valence-corrected chi connectivity index (χ1v) is 17.1. The lowest BCUT2D eigenvalue weighted by atomic mass is 9.76. The molecule has 13 heteroatoms. The van der Waals surface area contributed by atoms with Crippen LogP contribution in [0.5, 0.6) is 0 Å². The van der Waals surface area contributed by atoms with Crippen LogP contribution < -0.4 is 16.0 Å². The number of benzene rings is 2. The molecule has 3 N–H and O–H groups in total. The Kier molecular flexibility index (Phi) is 10.8. The predicted molar refractivity (Wildman–Crippen MR) is 166 cm³/mol. The minimum Gasteiger partial charge on any atom is -0.453 e. The Labute approximate surface area is 263 Å². The highest BCUT2D eigenvalue weighted by Gasteiger charge is 2.39. The van der Waals surface area contributed by atoms with Crippen molar-refractivity contribution in [1.29, 1.82) is 0 Å². The first-order chi connectivity index (χ1) is 21.2. The Bertz CT molecular complexity index is 1420. The zero-order valence-corrected chi connectivity index (χ0v) is 26.3. The number of fused-ring (bicyclic) bond motifs is 2. The molecule has 2 aromatic carbocycles. The number of piperazine rings is 1.